The van der Waals surface area contributed by atoms with Crippen LogP contribution in [0.5, 0.6) is 0 Å². The second-order valence-corrected chi connectivity index (χ2v) is 5.78. The van der Waals surface area contributed by atoms with Crippen LogP contribution in [0.25, 0.3) is 0 Å². The molecule has 18 heavy (non-hydrogen) atoms. The highest BCUT2D eigenvalue weighted by molar-refractivity contribution is 7.99. The third-order valence-corrected chi connectivity index (χ3v) is 4.42. The van der Waals surface area contributed by atoms with E-state index in [1.54, 1.807) is 12.3 Å². The number of thioether (sulfide) groups is 1. The summed E-state index contributed by atoms with van der Waals surface area (Å²) in [7, 11) is 0. The van der Waals surface area contributed by atoms with E-state index in [4.69, 9.17) is 11.0 Å². The predicted molar refractivity (Wildman–Crippen MR) is 76.5 cm³/mol. The molecule has 1 fully saturated rings. The Bertz CT molecular complexity index is 455. The number of pyridine rings is 1. The Kier molecular flexibility index (Phi) is 4.32. The fourth-order valence-electron chi connectivity index (χ4n) is 2.36. The first-order valence-electron chi connectivity index (χ1n) is 6.18. The van der Waals surface area contributed by atoms with Gasteiger partial charge in [-0.3, -0.25) is 0 Å². The molecule has 3 N–H and O–H groups in total. The van der Waals surface area contributed by atoms with Crippen molar-refractivity contribution in [2.45, 2.75) is 37.0 Å². The number of anilines is 2. The van der Waals surface area contributed by atoms with E-state index in [0.29, 0.717) is 23.1 Å². The topological polar surface area (TPSA) is 74.7 Å². The summed E-state index contributed by atoms with van der Waals surface area (Å²) < 4.78 is 0. The molecule has 1 aliphatic rings. The number of hydrogen-bond donors (Lipinski definition) is 2. The van der Waals surface area contributed by atoms with E-state index >= 15 is 0 Å². The molecule has 0 spiro atoms. The molecule has 2 atom stereocenters. The monoisotopic (exact) mass is 262 g/mol. The van der Waals surface area contributed by atoms with Crippen molar-refractivity contribution in [3.63, 3.8) is 0 Å². The number of nitrogens with zero attached hydrogens (tertiary/aromatic N) is 2. The van der Waals surface area contributed by atoms with Crippen LogP contribution in [0.1, 0.15) is 31.2 Å². The van der Waals surface area contributed by atoms with E-state index < -0.39 is 0 Å². The van der Waals surface area contributed by atoms with Crippen molar-refractivity contribution < 1.29 is 0 Å². The van der Waals surface area contributed by atoms with Gasteiger partial charge in [0.1, 0.15) is 11.9 Å². The van der Waals surface area contributed by atoms with Gasteiger partial charge in [-0.15, -0.1) is 0 Å². The molecule has 0 aliphatic heterocycles. The number of nitrogens with one attached hydrogen (secondary N) is 1. The number of nitriles is 1. The minimum absolute atomic E-state index is 0.416. The van der Waals surface area contributed by atoms with Crippen LogP contribution in [0, 0.1) is 11.3 Å². The lowest BCUT2D eigenvalue weighted by Crippen LogP contribution is -2.29. The van der Waals surface area contributed by atoms with Gasteiger partial charge < -0.3 is 11.1 Å². The van der Waals surface area contributed by atoms with Crippen molar-refractivity contribution in [3.8, 4) is 6.07 Å². The Balaban J connectivity index is 2.07. The van der Waals surface area contributed by atoms with Crippen molar-refractivity contribution >= 4 is 23.3 Å². The summed E-state index contributed by atoms with van der Waals surface area (Å²) in [5.74, 6) is 0.665. The van der Waals surface area contributed by atoms with Crippen molar-refractivity contribution in [3.05, 3.63) is 17.8 Å². The number of nitrogen functional groups attached to an aromatic ring is 1. The largest absolute Gasteiger partial charge is 0.397 e. The lowest BCUT2D eigenvalue weighted by molar-refractivity contribution is 0.472. The average molecular weight is 262 g/mol. The van der Waals surface area contributed by atoms with Crippen LogP contribution < -0.4 is 11.1 Å². The molecule has 2 rings (SSSR count). The second-order valence-electron chi connectivity index (χ2n) is 4.64. The summed E-state index contributed by atoms with van der Waals surface area (Å²) in [6.45, 7) is 0. The molecule has 96 valence electrons. The predicted octanol–water partition coefficient (Wildman–Crippen LogP) is 2.62. The van der Waals surface area contributed by atoms with Crippen LogP contribution in [-0.4, -0.2) is 22.5 Å². The van der Waals surface area contributed by atoms with Gasteiger partial charge in [0.05, 0.1) is 17.4 Å². The molecule has 0 saturated heterocycles. The highest BCUT2D eigenvalue weighted by Crippen LogP contribution is 2.29. The molecule has 1 aromatic heterocycles. The Morgan fingerprint density at radius 2 is 2.39 bits per heavy atom. The fraction of sp³-hybridized carbons (Fsp3) is 0.538. The maximum atomic E-state index is 9.08. The molecule has 2 unspecified atom stereocenters. The Labute approximate surface area is 112 Å². The van der Waals surface area contributed by atoms with Gasteiger partial charge in [0.25, 0.3) is 0 Å². The van der Waals surface area contributed by atoms with Gasteiger partial charge in [-0.25, -0.2) is 4.98 Å². The van der Waals surface area contributed by atoms with Crippen LogP contribution in [-0.2, 0) is 0 Å². The summed E-state index contributed by atoms with van der Waals surface area (Å²) in [4.78, 5) is 4.23. The second kappa shape index (κ2) is 5.96. The highest BCUT2D eigenvalue weighted by atomic mass is 32.2. The summed E-state index contributed by atoms with van der Waals surface area (Å²) in [5, 5.41) is 13.2. The van der Waals surface area contributed by atoms with Crippen LogP contribution in [0.2, 0.25) is 0 Å². The summed E-state index contributed by atoms with van der Waals surface area (Å²) in [5.41, 5.74) is 6.69. The van der Waals surface area contributed by atoms with Gasteiger partial charge in [-0.1, -0.05) is 6.42 Å². The molecule has 1 heterocycles. The third-order valence-electron chi connectivity index (χ3n) is 3.33. The quantitative estimate of drug-likeness (QED) is 0.876. The molecular formula is C13H18N4S. The van der Waals surface area contributed by atoms with Crippen LogP contribution in [0.15, 0.2) is 12.3 Å². The zero-order valence-corrected chi connectivity index (χ0v) is 11.3. The average Bonchev–Trinajstić information content (AvgIpc) is 2.41. The van der Waals surface area contributed by atoms with Crippen LogP contribution >= 0.6 is 11.8 Å². The molecule has 5 heteroatoms. The van der Waals surface area contributed by atoms with E-state index in [1.807, 2.05) is 11.8 Å². The van der Waals surface area contributed by atoms with Gasteiger partial charge in [-0.2, -0.15) is 17.0 Å². The minimum Gasteiger partial charge on any atom is -0.397 e. The Morgan fingerprint density at radius 3 is 3.11 bits per heavy atom. The zero-order chi connectivity index (χ0) is 13.0. The molecule has 4 nitrogen and oxygen atoms in total. The number of nitrogens with two attached hydrogens (primary N) is 1. The van der Waals surface area contributed by atoms with Crippen LogP contribution in [0.3, 0.4) is 0 Å². The summed E-state index contributed by atoms with van der Waals surface area (Å²) >= 11 is 1.93. The molecule has 0 amide bonds. The van der Waals surface area contributed by atoms with E-state index in [-0.39, 0.29) is 0 Å². The maximum absolute atomic E-state index is 9.08. The maximum Gasteiger partial charge on any atom is 0.144 e. The van der Waals surface area contributed by atoms with Gasteiger partial charge in [-0.05, 0) is 31.6 Å². The minimum atomic E-state index is 0.416. The molecule has 0 radical (unpaired) electrons. The van der Waals surface area contributed by atoms with Crippen molar-refractivity contribution in [1.82, 2.24) is 4.98 Å². The standard InChI is InChI=1S/C13H18N4S/c1-18-12-4-2-3-11(6-12)17-13-9(7-14)5-10(15)8-16-13/h5,8,11-12H,2-4,6,15H2,1H3,(H,16,17). The van der Waals surface area contributed by atoms with Gasteiger partial charge in [0, 0.05) is 11.3 Å². The van der Waals surface area contributed by atoms with Crippen molar-refractivity contribution in [1.29, 1.82) is 5.26 Å². The van der Waals surface area contributed by atoms with E-state index in [2.05, 4.69) is 22.6 Å². The Hall–Kier alpha value is -1.41. The van der Waals surface area contributed by atoms with Gasteiger partial charge >= 0.3 is 0 Å². The molecule has 1 aromatic rings. The van der Waals surface area contributed by atoms with Crippen molar-refractivity contribution in [2.24, 2.45) is 0 Å². The van der Waals surface area contributed by atoms with Gasteiger partial charge in [0.2, 0.25) is 0 Å². The summed E-state index contributed by atoms with van der Waals surface area (Å²) in [6.07, 6.45) is 8.57. The first-order valence-corrected chi connectivity index (χ1v) is 7.46. The highest BCUT2D eigenvalue weighted by Gasteiger charge is 2.22. The first-order chi connectivity index (χ1) is 8.72. The molecule has 1 aliphatic carbocycles. The molecule has 0 bridgehead atoms. The number of aromatic nitrogens is 1. The van der Waals surface area contributed by atoms with Gasteiger partial charge in [0.15, 0.2) is 0 Å². The lowest BCUT2D eigenvalue weighted by Gasteiger charge is -2.29. The first kappa shape index (κ1) is 13.0. The van der Waals surface area contributed by atoms with Crippen molar-refractivity contribution in [2.75, 3.05) is 17.3 Å². The normalized spacial score (nSPS) is 23.3. The molecular weight excluding hydrogens is 244 g/mol. The summed E-state index contributed by atoms with van der Waals surface area (Å²) in [6, 6.07) is 4.23. The van der Waals surface area contributed by atoms with Crippen LogP contribution in [0.4, 0.5) is 11.5 Å². The third kappa shape index (κ3) is 3.08. The lowest BCUT2D eigenvalue weighted by atomic mass is 9.95. The zero-order valence-electron chi connectivity index (χ0n) is 10.5. The Morgan fingerprint density at radius 1 is 1.56 bits per heavy atom. The number of rotatable bonds is 3. The van der Waals surface area contributed by atoms with E-state index in [1.165, 1.54) is 12.8 Å². The number of hydrogen-bond acceptors (Lipinski definition) is 5. The SMILES string of the molecule is CSC1CCCC(Nc2ncc(N)cc2C#N)C1. The smallest absolute Gasteiger partial charge is 0.144 e. The molecule has 1 saturated carbocycles. The molecule has 0 aromatic carbocycles. The van der Waals surface area contributed by atoms with E-state index in [9.17, 15) is 0 Å². The fourth-order valence-corrected chi connectivity index (χ4v) is 3.19. The van der Waals surface area contributed by atoms with E-state index in [0.717, 1.165) is 18.1 Å².